The van der Waals surface area contributed by atoms with E-state index in [4.69, 9.17) is 0 Å². The quantitative estimate of drug-likeness (QED) is 0.849. The van der Waals surface area contributed by atoms with Gasteiger partial charge in [-0.1, -0.05) is 5.21 Å². The Labute approximate surface area is 111 Å². The van der Waals surface area contributed by atoms with Crippen molar-refractivity contribution >= 4 is 5.91 Å². The minimum absolute atomic E-state index is 0.0497. The molecule has 7 heteroatoms. The van der Waals surface area contributed by atoms with E-state index in [1.807, 2.05) is 26.8 Å². The van der Waals surface area contributed by atoms with Gasteiger partial charge in [0.05, 0.1) is 18.4 Å². The summed E-state index contributed by atoms with van der Waals surface area (Å²) in [6.07, 6.45) is 3.37. The summed E-state index contributed by atoms with van der Waals surface area (Å²) < 4.78 is 3.41. The minimum atomic E-state index is -0.315. The Morgan fingerprint density at radius 2 is 2.26 bits per heavy atom. The highest BCUT2D eigenvalue weighted by Crippen LogP contribution is 2.10. The van der Waals surface area contributed by atoms with Crippen molar-refractivity contribution in [3.63, 3.8) is 0 Å². The summed E-state index contributed by atoms with van der Waals surface area (Å²) in [5, 5.41) is 14.7. The lowest BCUT2D eigenvalue weighted by molar-refractivity contribution is -0.124. The molecule has 0 radical (unpaired) electrons. The molecule has 0 aliphatic carbocycles. The van der Waals surface area contributed by atoms with E-state index in [9.17, 15) is 4.79 Å². The van der Waals surface area contributed by atoms with Crippen LogP contribution in [-0.4, -0.2) is 37.2 Å². The Morgan fingerprint density at radius 1 is 1.47 bits per heavy atom. The predicted molar refractivity (Wildman–Crippen MR) is 69.4 cm³/mol. The van der Waals surface area contributed by atoms with Crippen LogP contribution in [-0.2, 0) is 11.3 Å². The van der Waals surface area contributed by atoms with Gasteiger partial charge in [0.15, 0.2) is 0 Å². The molecule has 0 unspecified atom stereocenters. The lowest BCUT2D eigenvalue weighted by Crippen LogP contribution is -2.34. The number of aryl methyl sites for hydroxylation is 2. The van der Waals surface area contributed by atoms with Gasteiger partial charge >= 0.3 is 0 Å². The number of hydrogen-bond acceptors (Lipinski definition) is 4. The maximum absolute atomic E-state index is 12.0. The van der Waals surface area contributed by atoms with Crippen LogP contribution in [0.2, 0.25) is 0 Å². The summed E-state index contributed by atoms with van der Waals surface area (Å²) in [5.74, 6) is -0.0497. The van der Waals surface area contributed by atoms with E-state index in [-0.39, 0.29) is 11.9 Å². The molecule has 0 aliphatic heterocycles. The largest absolute Gasteiger partial charge is 0.352 e. The fraction of sp³-hybridized carbons (Fsp3) is 0.500. The topological polar surface area (TPSA) is 77.6 Å². The van der Waals surface area contributed by atoms with Crippen LogP contribution in [0.25, 0.3) is 0 Å². The summed E-state index contributed by atoms with van der Waals surface area (Å²) in [7, 11) is 0. The van der Waals surface area contributed by atoms with Crippen molar-refractivity contribution in [2.24, 2.45) is 0 Å². The molecule has 1 atom stereocenters. The number of nitrogens with one attached hydrogen (secondary N) is 1. The first-order valence-electron chi connectivity index (χ1n) is 6.22. The standard InChI is InChI=1S/C12H18N6O/c1-9-8-10(2)18(15-9)11(3)12(19)13-4-6-17-7-5-14-16-17/h5,7-8,11H,4,6H2,1-3H3,(H,13,19)/t11-/m1/s1. The van der Waals surface area contributed by atoms with Gasteiger partial charge in [0.25, 0.3) is 0 Å². The zero-order chi connectivity index (χ0) is 13.8. The zero-order valence-electron chi connectivity index (χ0n) is 11.4. The van der Waals surface area contributed by atoms with E-state index in [1.165, 1.54) is 0 Å². The van der Waals surface area contributed by atoms with Crippen LogP contribution in [0.3, 0.4) is 0 Å². The van der Waals surface area contributed by atoms with Crippen molar-refractivity contribution in [3.05, 3.63) is 29.8 Å². The molecule has 2 aromatic rings. The van der Waals surface area contributed by atoms with Crippen LogP contribution in [0.15, 0.2) is 18.5 Å². The highest BCUT2D eigenvalue weighted by molar-refractivity contribution is 5.79. The number of aromatic nitrogens is 5. The zero-order valence-corrected chi connectivity index (χ0v) is 11.4. The van der Waals surface area contributed by atoms with Crippen LogP contribution in [0.5, 0.6) is 0 Å². The van der Waals surface area contributed by atoms with Crippen molar-refractivity contribution in [3.8, 4) is 0 Å². The van der Waals surface area contributed by atoms with Gasteiger partial charge in [0, 0.05) is 18.4 Å². The lowest BCUT2D eigenvalue weighted by atomic mass is 10.3. The van der Waals surface area contributed by atoms with Crippen LogP contribution in [0.1, 0.15) is 24.4 Å². The Morgan fingerprint density at radius 3 is 2.84 bits per heavy atom. The second-order valence-electron chi connectivity index (χ2n) is 4.50. The first kappa shape index (κ1) is 13.3. The summed E-state index contributed by atoms with van der Waals surface area (Å²) in [5.41, 5.74) is 1.90. The summed E-state index contributed by atoms with van der Waals surface area (Å²) >= 11 is 0. The Hall–Kier alpha value is -2.18. The fourth-order valence-electron chi connectivity index (χ4n) is 1.94. The van der Waals surface area contributed by atoms with Crippen LogP contribution in [0.4, 0.5) is 0 Å². The second-order valence-corrected chi connectivity index (χ2v) is 4.50. The third kappa shape index (κ3) is 3.18. The lowest BCUT2D eigenvalue weighted by Gasteiger charge is -2.14. The van der Waals surface area contributed by atoms with E-state index in [0.29, 0.717) is 13.1 Å². The predicted octanol–water partition coefficient (Wildman–Crippen LogP) is 0.469. The van der Waals surface area contributed by atoms with Gasteiger partial charge in [-0.3, -0.25) is 14.2 Å². The molecule has 1 amide bonds. The Bertz CT molecular complexity index is 545. The Balaban J connectivity index is 1.87. The molecule has 0 aromatic carbocycles. The molecule has 0 saturated carbocycles. The van der Waals surface area contributed by atoms with Gasteiger partial charge in [-0.15, -0.1) is 5.10 Å². The molecule has 1 N–H and O–H groups in total. The molecule has 2 aromatic heterocycles. The van der Waals surface area contributed by atoms with Gasteiger partial charge < -0.3 is 5.32 Å². The second kappa shape index (κ2) is 5.64. The van der Waals surface area contributed by atoms with Crippen molar-refractivity contribution in [1.82, 2.24) is 30.1 Å². The summed E-state index contributed by atoms with van der Waals surface area (Å²) in [6.45, 7) is 6.82. The van der Waals surface area contributed by atoms with Gasteiger partial charge in [0.2, 0.25) is 5.91 Å². The highest BCUT2D eigenvalue weighted by atomic mass is 16.2. The van der Waals surface area contributed by atoms with Crippen LogP contribution >= 0.6 is 0 Å². The maximum Gasteiger partial charge on any atom is 0.244 e. The fourth-order valence-corrected chi connectivity index (χ4v) is 1.94. The monoisotopic (exact) mass is 262 g/mol. The van der Waals surface area contributed by atoms with Gasteiger partial charge in [-0.05, 0) is 26.8 Å². The molecule has 0 aliphatic rings. The molecule has 0 spiro atoms. The molecule has 2 rings (SSSR count). The number of nitrogens with zero attached hydrogens (tertiary/aromatic N) is 5. The SMILES string of the molecule is Cc1cc(C)n([C@H](C)C(=O)NCCn2ccnn2)n1. The number of hydrogen-bond donors (Lipinski definition) is 1. The first-order valence-corrected chi connectivity index (χ1v) is 6.22. The number of carbonyl (C=O) groups excluding carboxylic acids is 1. The average Bonchev–Trinajstić information content (AvgIpc) is 2.98. The molecule has 7 nitrogen and oxygen atoms in total. The number of carbonyl (C=O) groups is 1. The van der Waals surface area contributed by atoms with Crippen LogP contribution < -0.4 is 5.32 Å². The molecular formula is C12H18N6O. The van der Waals surface area contributed by atoms with Crippen molar-refractivity contribution in [2.75, 3.05) is 6.54 Å². The molecule has 0 saturated heterocycles. The molecule has 0 bridgehead atoms. The average molecular weight is 262 g/mol. The number of amides is 1. The summed E-state index contributed by atoms with van der Waals surface area (Å²) in [6, 6.07) is 1.64. The van der Waals surface area contributed by atoms with E-state index in [0.717, 1.165) is 11.4 Å². The molecular weight excluding hydrogens is 244 g/mol. The van der Waals surface area contributed by atoms with E-state index in [2.05, 4.69) is 20.7 Å². The molecule has 2 heterocycles. The van der Waals surface area contributed by atoms with Crippen LogP contribution in [0, 0.1) is 13.8 Å². The maximum atomic E-state index is 12.0. The summed E-state index contributed by atoms with van der Waals surface area (Å²) in [4.78, 5) is 12.0. The van der Waals surface area contributed by atoms with E-state index >= 15 is 0 Å². The van der Waals surface area contributed by atoms with E-state index < -0.39 is 0 Å². The van der Waals surface area contributed by atoms with Crippen molar-refractivity contribution in [1.29, 1.82) is 0 Å². The molecule has 102 valence electrons. The van der Waals surface area contributed by atoms with Crippen molar-refractivity contribution in [2.45, 2.75) is 33.4 Å². The third-order valence-electron chi connectivity index (χ3n) is 2.90. The normalized spacial score (nSPS) is 12.4. The van der Waals surface area contributed by atoms with Crippen molar-refractivity contribution < 1.29 is 4.79 Å². The smallest absolute Gasteiger partial charge is 0.244 e. The molecule has 0 fully saturated rings. The van der Waals surface area contributed by atoms with E-state index in [1.54, 1.807) is 21.8 Å². The molecule has 19 heavy (non-hydrogen) atoms. The minimum Gasteiger partial charge on any atom is -0.352 e. The van der Waals surface area contributed by atoms with Gasteiger partial charge in [-0.25, -0.2) is 0 Å². The first-order chi connectivity index (χ1) is 9.08. The van der Waals surface area contributed by atoms with Gasteiger partial charge in [0.1, 0.15) is 6.04 Å². The third-order valence-corrected chi connectivity index (χ3v) is 2.90. The highest BCUT2D eigenvalue weighted by Gasteiger charge is 2.17. The Kier molecular flexibility index (Phi) is 3.94. The van der Waals surface area contributed by atoms with Gasteiger partial charge in [-0.2, -0.15) is 5.10 Å². The number of rotatable bonds is 5.